The van der Waals surface area contributed by atoms with E-state index in [2.05, 4.69) is 0 Å². The summed E-state index contributed by atoms with van der Waals surface area (Å²) in [4.78, 5) is 11.1. The van der Waals surface area contributed by atoms with Crippen molar-refractivity contribution in [1.29, 1.82) is 0 Å². The smallest absolute Gasteiger partial charge is 0.371 e. The third kappa shape index (κ3) is 4.74. The zero-order valence-corrected chi connectivity index (χ0v) is 15.4. The molecule has 14 nitrogen and oxygen atoms in total. The molecule has 2 saturated heterocycles. The molecule has 0 aromatic rings. The fraction of sp³-hybridized carbons (Fsp3) is 0.812. The van der Waals surface area contributed by atoms with Crippen LogP contribution in [0, 0.1) is 0 Å². The Labute approximate surface area is 169 Å². The summed E-state index contributed by atoms with van der Waals surface area (Å²) in [6, 6.07) is 0. The Morgan fingerprint density at radius 1 is 0.867 bits per heavy atom. The summed E-state index contributed by atoms with van der Waals surface area (Å²) in [5.41, 5.74) is 0. The summed E-state index contributed by atoms with van der Waals surface area (Å²) in [5, 5.41) is 78.2. The number of aliphatic hydroxyl groups is 7. The van der Waals surface area contributed by atoms with Crippen molar-refractivity contribution >= 4 is 5.97 Å². The number of aliphatic carboxylic acids is 1. The van der Waals surface area contributed by atoms with Gasteiger partial charge in [-0.3, -0.25) is 0 Å². The highest BCUT2D eigenvalue weighted by Gasteiger charge is 2.48. The Kier molecular flexibility index (Phi) is 7.26. The molecule has 0 spiro atoms. The number of hydrogen-bond donors (Lipinski definition) is 8. The van der Waals surface area contributed by atoms with Crippen molar-refractivity contribution in [2.45, 2.75) is 67.7 Å². The molecule has 2 fully saturated rings. The van der Waals surface area contributed by atoms with E-state index in [1.54, 1.807) is 0 Å². The van der Waals surface area contributed by atoms with E-state index in [4.69, 9.17) is 28.8 Å². The summed E-state index contributed by atoms with van der Waals surface area (Å²) in [5.74, 6) is -2.26. The molecule has 1 unspecified atom stereocenters. The van der Waals surface area contributed by atoms with Crippen molar-refractivity contribution in [3.05, 3.63) is 11.8 Å². The van der Waals surface area contributed by atoms with Crippen molar-refractivity contribution in [2.75, 3.05) is 13.2 Å². The number of hydrogen-bond acceptors (Lipinski definition) is 13. The first kappa shape index (κ1) is 23.2. The lowest BCUT2D eigenvalue weighted by atomic mass is 10.0. The molecule has 14 heteroatoms. The lowest BCUT2D eigenvalue weighted by molar-refractivity contribution is -0.350. The van der Waals surface area contributed by atoms with E-state index >= 15 is 0 Å². The Bertz CT molecular complexity index is 641. The van der Waals surface area contributed by atoms with Crippen LogP contribution in [0.25, 0.3) is 0 Å². The van der Waals surface area contributed by atoms with Crippen molar-refractivity contribution in [1.82, 2.24) is 0 Å². The highest BCUT2D eigenvalue weighted by atomic mass is 16.8. The van der Waals surface area contributed by atoms with Gasteiger partial charge in [0.25, 0.3) is 0 Å². The first-order chi connectivity index (χ1) is 14.1. The lowest BCUT2D eigenvalue weighted by Crippen LogP contribution is -2.61. The highest BCUT2D eigenvalue weighted by Crippen LogP contribution is 2.28. The van der Waals surface area contributed by atoms with Crippen LogP contribution < -0.4 is 0 Å². The van der Waals surface area contributed by atoms with Gasteiger partial charge in [-0.25, -0.2) is 4.79 Å². The fourth-order valence-electron chi connectivity index (χ4n) is 3.13. The molecular formula is C16H24O14. The molecule has 3 aliphatic rings. The molecular weight excluding hydrogens is 416 g/mol. The van der Waals surface area contributed by atoms with Crippen LogP contribution in [-0.4, -0.2) is 128 Å². The van der Waals surface area contributed by atoms with Crippen LogP contribution in [0.5, 0.6) is 0 Å². The summed E-state index contributed by atoms with van der Waals surface area (Å²) in [6.45, 7) is -0.769. The summed E-state index contributed by atoms with van der Waals surface area (Å²) in [6.07, 6.45) is -16.8. The third-order valence-corrected chi connectivity index (χ3v) is 4.89. The molecule has 0 aliphatic carbocycles. The van der Waals surface area contributed by atoms with Gasteiger partial charge < -0.3 is 64.5 Å². The largest absolute Gasteiger partial charge is 0.475 e. The van der Waals surface area contributed by atoms with E-state index in [0.717, 1.165) is 6.08 Å². The van der Waals surface area contributed by atoms with Crippen LogP contribution in [0.15, 0.2) is 11.8 Å². The van der Waals surface area contributed by atoms with E-state index in [1.807, 2.05) is 0 Å². The van der Waals surface area contributed by atoms with E-state index in [-0.39, 0.29) is 6.61 Å². The molecule has 0 bridgehead atoms. The molecule has 11 atom stereocenters. The first-order valence-corrected chi connectivity index (χ1v) is 9.02. The second-order valence-electron chi connectivity index (χ2n) is 7.04. The molecule has 0 amide bonds. The maximum atomic E-state index is 11.1. The SMILES string of the molecule is O=C(O)C1=C[C@H](O)[C@@H](O)[C@@H](O[C@H]2[C@H](O[C@@H]3COC(O)[C@H](O)[C@H]3O)OC[C@@H](O)[C@@H]2O)O1. The minimum Gasteiger partial charge on any atom is -0.475 e. The molecule has 0 saturated carbocycles. The lowest BCUT2D eigenvalue weighted by Gasteiger charge is -2.43. The third-order valence-electron chi connectivity index (χ3n) is 4.89. The summed E-state index contributed by atoms with van der Waals surface area (Å²) < 4.78 is 26.0. The Hall–Kier alpha value is -1.43. The van der Waals surface area contributed by atoms with Crippen molar-refractivity contribution < 1.29 is 69.3 Å². The molecule has 8 N–H and O–H groups in total. The molecule has 0 aromatic heterocycles. The second-order valence-corrected chi connectivity index (χ2v) is 7.04. The minimum absolute atomic E-state index is 0.363. The van der Waals surface area contributed by atoms with Crippen LogP contribution >= 0.6 is 0 Å². The predicted octanol–water partition coefficient (Wildman–Crippen LogP) is -5.05. The van der Waals surface area contributed by atoms with E-state index in [1.165, 1.54) is 0 Å². The number of carboxylic acids is 1. The van der Waals surface area contributed by atoms with Crippen LogP contribution in [0.3, 0.4) is 0 Å². The molecule has 3 aliphatic heterocycles. The second kappa shape index (κ2) is 9.37. The van der Waals surface area contributed by atoms with Gasteiger partial charge in [-0.15, -0.1) is 0 Å². The quantitative estimate of drug-likeness (QED) is 0.200. The average Bonchev–Trinajstić information content (AvgIpc) is 2.70. The van der Waals surface area contributed by atoms with Crippen molar-refractivity contribution in [3.8, 4) is 0 Å². The summed E-state index contributed by atoms with van der Waals surface area (Å²) in [7, 11) is 0. The van der Waals surface area contributed by atoms with Gasteiger partial charge in [-0.05, 0) is 6.08 Å². The number of rotatable bonds is 5. The van der Waals surface area contributed by atoms with Crippen molar-refractivity contribution in [2.24, 2.45) is 0 Å². The predicted molar refractivity (Wildman–Crippen MR) is 88.1 cm³/mol. The zero-order valence-electron chi connectivity index (χ0n) is 15.4. The Morgan fingerprint density at radius 2 is 1.57 bits per heavy atom. The van der Waals surface area contributed by atoms with E-state index < -0.39 is 86.0 Å². The normalized spacial score (nSPS) is 47.3. The monoisotopic (exact) mass is 440 g/mol. The Balaban J connectivity index is 1.74. The maximum absolute atomic E-state index is 11.1. The first-order valence-electron chi connectivity index (χ1n) is 9.02. The Morgan fingerprint density at radius 3 is 2.23 bits per heavy atom. The zero-order chi connectivity index (χ0) is 22.2. The molecule has 30 heavy (non-hydrogen) atoms. The standard InChI is InChI=1S/C16H24O14/c17-4-1-6(13(23)24)28-15(9(4)20)30-12-8(19)5(18)2-27-16(12)29-7-3-26-14(25)11(22)10(7)21/h1,4-5,7-12,14-22,25H,2-3H2,(H,23,24)/t4-,5+,7+,8-,9+,10-,11+,12+,14?,15+,16-/m0/s1. The van der Waals surface area contributed by atoms with Gasteiger partial charge in [0.1, 0.15) is 48.8 Å². The minimum atomic E-state index is -1.78. The number of aliphatic hydroxyl groups excluding tert-OH is 7. The van der Waals surface area contributed by atoms with Gasteiger partial charge in [0.05, 0.1) is 13.2 Å². The molecule has 172 valence electrons. The fourth-order valence-corrected chi connectivity index (χ4v) is 3.13. The molecule has 0 aromatic carbocycles. The van der Waals surface area contributed by atoms with Gasteiger partial charge >= 0.3 is 5.97 Å². The van der Waals surface area contributed by atoms with Gasteiger partial charge in [0, 0.05) is 0 Å². The number of ether oxygens (including phenoxy) is 5. The van der Waals surface area contributed by atoms with Gasteiger partial charge in [0.2, 0.25) is 12.0 Å². The average molecular weight is 440 g/mol. The van der Waals surface area contributed by atoms with Crippen LogP contribution in [-0.2, 0) is 28.5 Å². The van der Waals surface area contributed by atoms with E-state index in [9.17, 15) is 40.5 Å². The van der Waals surface area contributed by atoms with Crippen LogP contribution in [0.1, 0.15) is 0 Å². The van der Waals surface area contributed by atoms with Gasteiger partial charge in [0.15, 0.2) is 12.6 Å². The summed E-state index contributed by atoms with van der Waals surface area (Å²) >= 11 is 0. The van der Waals surface area contributed by atoms with Crippen molar-refractivity contribution in [3.63, 3.8) is 0 Å². The molecule has 0 radical (unpaired) electrons. The number of carboxylic acid groups (broad SMARTS) is 1. The maximum Gasteiger partial charge on any atom is 0.371 e. The molecule has 3 heterocycles. The number of carbonyl (C=O) groups is 1. The van der Waals surface area contributed by atoms with Crippen LogP contribution in [0.4, 0.5) is 0 Å². The van der Waals surface area contributed by atoms with E-state index in [0.29, 0.717) is 0 Å². The van der Waals surface area contributed by atoms with Crippen LogP contribution in [0.2, 0.25) is 0 Å². The topological polar surface area (TPSA) is 225 Å². The highest BCUT2D eigenvalue weighted by molar-refractivity contribution is 5.84. The van der Waals surface area contributed by atoms with Gasteiger partial charge in [-0.1, -0.05) is 0 Å². The van der Waals surface area contributed by atoms with Gasteiger partial charge in [-0.2, -0.15) is 0 Å². The molecule has 3 rings (SSSR count).